The van der Waals surface area contributed by atoms with Crippen LogP contribution in [0.1, 0.15) is 35.9 Å². The molecule has 0 unspecified atom stereocenters. The van der Waals surface area contributed by atoms with Crippen molar-refractivity contribution in [3.63, 3.8) is 0 Å². The molecule has 0 aliphatic rings. The molecule has 0 atom stereocenters. The van der Waals surface area contributed by atoms with Crippen LogP contribution in [-0.4, -0.2) is 22.6 Å². The highest BCUT2D eigenvalue weighted by atomic mass is 32.1. The Morgan fingerprint density at radius 1 is 1.29 bits per heavy atom. The lowest BCUT2D eigenvalue weighted by Gasteiger charge is -2.09. The molecule has 1 aromatic heterocycles. The van der Waals surface area contributed by atoms with Crippen LogP contribution in [0.4, 0.5) is 10.8 Å². The van der Waals surface area contributed by atoms with E-state index in [1.807, 2.05) is 39.8 Å². The summed E-state index contributed by atoms with van der Waals surface area (Å²) in [5, 5.41) is 15.4. The zero-order valence-electron chi connectivity index (χ0n) is 12.7. The second kappa shape index (κ2) is 6.67. The summed E-state index contributed by atoms with van der Waals surface area (Å²) in [6.07, 6.45) is 0. The minimum Gasteiger partial charge on any atom is -0.376 e. The quantitative estimate of drug-likeness (QED) is 0.889. The number of amides is 1. The van der Waals surface area contributed by atoms with Crippen LogP contribution >= 0.6 is 11.3 Å². The van der Waals surface area contributed by atoms with Crippen LogP contribution in [0.25, 0.3) is 0 Å². The molecule has 112 valence electrons. The molecule has 21 heavy (non-hydrogen) atoms. The minimum absolute atomic E-state index is 0.123. The molecule has 0 saturated carbocycles. The van der Waals surface area contributed by atoms with Crippen LogP contribution in [0.15, 0.2) is 18.2 Å². The summed E-state index contributed by atoms with van der Waals surface area (Å²) in [7, 11) is 0. The first kappa shape index (κ1) is 15.4. The summed E-state index contributed by atoms with van der Waals surface area (Å²) in [6, 6.07) is 6.12. The summed E-state index contributed by atoms with van der Waals surface area (Å²) in [6.45, 7) is 8.35. The third-order valence-corrected chi connectivity index (χ3v) is 4.15. The highest BCUT2D eigenvalue weighted by Gasteiger charge is 2.10. The van der Waals surface area contributed by atoms with Crippen molar-refractivity contribution in [1.82, 2.24) is 10.2 Å². The molecule has 0 bridgehead atoms. The molecule has 0 spiro atoms. The number of carbonyl (C=O) groups is 1. The molecule has 6 heteroatoms. The maximum absolute atomic E-state index is 11.9. The topological polar surface area (TPSA) is 66.9 Å². The second-order valence-corrected chi connectivity index (χ2v) is 6.33. The largest absolute Gasteiger partial charge is 0.376 e. The number of rotatable bonds is 5. The number of carbonyl (C=O) groups excluding carboxylic acids is 1. The Balaban J connectivity index is 1.91. The van der Waals surface area contributed by atoms with E-state index in [1.165, 1.54) is 11.3 Å². The first-order valence-electron chi connectivity index (χ1n) is 6.90. The molecule has 0 aliphatic heterocycles. The Kier molecular flexibility index (Phi) is 4.90. The monoisotopic (exact) mass is 304 g/mol. The average molecular weight is 304 g/mol. The Morgan fingerprint density at radius 3 is 2.71 bits per heavy atom. The maximum Gasteiger partial charge on any atom is 0.245 e. The fraction of sp³-hybridized carbons (Fsp3) is 0.400. The number of aryl methyl sites for hydroxylation is 2. The smallest absolute Gasteiger partial charge is 0.245 e. The summed E-state index contributed by atoms with van der Waals surface area (Å²) in [5.41, 5.74) is 3.26. The van der Waals surface area contributed by atoms with Gasteiger partial charge in [-0.25, -0.2) is 0 Å². The van der Waals surface area contributed by atoms with E-state index in [0.717, 1.165) is 21.8 Å². The Bertz CT molecular complexity index is 636. The van der Waals surface area contributed by atoms with E-state index >= 15 is 0 Å². The van der Waals surface area contributed by atoms with E-state index in [4.69, 9.17) is 0 Å². The third-order valence-electron chi connectivity index (χ3n) is 3.01. The number of nitrogens with one attached hydrogen (secondary N) is 2. The molecule has 0 saturated heterocycles. The van der Waals surface area contributed by atoms with Crippen LogP contribution < -0.4 is 10.6 Å². The molecule has 1 heterocycles. The SMILES string of the molecule is Cc1ccc(C)c(NCC(=O)Nc2nnc(C(C)C)s2)c1. The van der Waals surface area contributed by atoms with Gasteiger partial charge in [0.15, 0.2) is 0 Å². The third kappa shape index (κ3) is 4.26. The maximum atomic E-state index is 11.9. The van der Waals surface area contributed by atoms with Crippen molar-refractivity contribution < 1.29 is 4.79 Å². The lowest BCUT2D eigenvalue weighted by molar-refractivity contribution is -0.114. The van der Waals surface area contributed by atoms with Gasteiger partial charge in [0.1, 0.15) is 5.01 Å². The molecule has 1 amide bonds. The van der Waals surface area contributed by atoms with Crippen molar-refractivity contribution >= 4 is 28.1 Å². The number of benzene rings is 1. The number of aromatic nitrogens is 2. The van der Waals surface area contributed by atoms with E-state index < -0.39 is 0 Å². The fourth-order valence-electron chi connectivity index (χ4n) is 1.78. The zero-order valence-corrected chi connectivity index (χ0v) is 13.5. The summed E-state index contributed by atoms with van der Waals surface area (Å²) in [5.74, 6) is 0.198. The van der Waals surface area contributed by atoms with Crippen LogP contribution in [0, 0.1) is 13.8 Å². The molecule has 0 fully saturated rings. The van der Waals surface area contributed by atoms with Gasteiger partial charge in [-0.05, 0) is 31.0 Å². The lowest BCUT2D eigenvalue weighted by Crippen LogP contribution is -2.22. The van der Waals surface area contributed by atoms with Gasteiger partial charge < -0.3 is 5.32 Å². The predicted molar refractivity (Wildman–Crippen MR) is 87.0 cm³/mol. The highest BCUT2D eigenvalue weighted by molar-refractivity contribution is 7.15. The van der Waals surface area contributed by atoms with E-state index in [2.05, 4.69) is 26.9 Å². The van der Waals surface area contributed by atoms with E-state index in [-0.39, 0.29) is 12.5 Å². The Hall–Kier alpha value is -1.95. The zero-order chi connectivity index (χ0) is 15.4. The Morgan fingerprint density at radius 2 is 2.05 bits per heavy atom. The summed E-state index contributed by atoms with van der Waals surface area (Å²) in [4.78, 5) is 11.9. The molecule has 1 aromatic carbocycles. The first-order chi connectivity index (χ1) is 9.95. The van der Waals surface area contributed by atoms with Crippen LogP contribution in [-0.2, 0) is 4.79 Å². The first-order valence-corrected chi connectivity index (χ1v) is 7.71. The van der Waals surface area contributed by atoms with Gasteiger partial charge in [0.2, 0.25) is 11.0 Å². The van der Waals surface area contributed by atoms with Crippen molar-refractivity contribution in [1.29, 1.82) is 0 Å². The van der Waals surface area contributed by atoms with Gasteiger partial charge in [0.25, 0.3) is 0 Å². The van der Waals surface area contributed by atoms with Gasteiger partial charge in [0.05, 0.1) is 6.54 Å². The summed E-state index contributed by atoms with van der Waals surface area (Å²) < 4.78 is 0. The van der Waals surface area contributed by atoms with Gasteiger partial charge in [-0.2, -0.15) is 0 Å². The number of hydrogen-bond acceptors (Lipinski definition) is 5. The lowest BCUT2D eigenvalue weighted by atomic mass is 10.1. The fourth-order valence-corrected chi connectivity index (χ4v) is 2.55. The molecule has 0 aliphatic carbocycles. The normalized spacial score (nSPS) is 10.7. The standard InChI is InChI=1S/C15H20N4OS/c1-9(2)14-18-19-15(21-14)17-13(20)8-16-12-7-10(3)5-6-11(12)4/h5-7,9,16H,8H2,1-4H3,(H,17,19,20). The van der Waals surface area contributed by atoms with Crippen molar-refractivity contribution in [3.05, 3.63) is 34.3 Å². The van der Waals surface area contributed by atoms with Gasteiger partial charge in [-0.1, -0.05) is 37.3 Å². The van der Waals surface area contributed by atoms with Gasteiger partial charge >= 0.3 is 0 Å². The van der Waals surface area contributed by atoms with Crippen molar-refractivity contribution in [3.8, 4) is 0 Å². The highest BCUT2D eigenvalue weighted by Crippen LogP contribution is 2.22. The molecular formula is C15H20N4OS. The second-order valence-electron chi connectivity index (χ2n) is 5.32. The van der Waals surface area contributed by atoms with Crippen molar-refractivity contribution in [2.24, 2.45) is 0 Å². The predicted octanol–water partition coefficient (Wildman–Crippen LogP) is 3.33. The molecule has 2 aromatic rings. The van der Waals surface area contributed by atoms with Gasteiger partial charge in [-0.3, -0.25) is 10.1 Å². The van der Waals surface area contributed by atoms with Crippen LogP contribution in [0.2, 0.25) is 0 Å². The van der Waals surface area contributed by atoms with Crippen LogP contribution in [0.5, 0.6) is 0 Å². The van der Waals surface area contributed by atoms with E-state index in [9.17, 15) is 4.79 Å². The van der Waals surface area contributed by atoms with Crippen LogP contribution in [0.3, 0.4) is 0 Å². The molecule has 2 rings (SSSR count). The number of nitrogens with zero attached hydrogens (tertiary/aromatic N) is 2. The number of hydrogen-bond donors (Lipinski definition) is 2. The Labute approximate surface area is 128 Å². The molecule has 5 nitrogen and oxygen atoms in total. The van der Waals surface area contributed by atoms with Gasteiger partial charge in [-0.15, -0.1) is 10.2 Å². The van der Waals surface area contributed by atoms with E-state index in [1.54, 1.807) is 0 Å². The molecule has 0 radical (unpaired) electrons. The summed E-state index contributed by atoms with van der Waals surface area (Å²) >= 11 is 1.41. The van der Waals surface area contributed by atoms with Crippen molar-refractivity contribution in [2.45, 2.75) is 33.6 Å². The van der Waals surface area contributed by atoms with E-state index in [0.29, 0.717) is 11.0 Å². The molecular weight excluding hydrogens is 284 g/mol. The number of anilines is 2. The van der Waals surface area contributed by atoms with Gasteiger partial charge in [0, 0.05) is 11.6 Å². The minimum atomic E-state index is -0.123. The molecule has 2 N–H and O–H groups in total. The van der Waals surface area contributed by atoms with Crippen molar-refractivity contribution in [2.75, 3.05) is 17.2 Å². The average Bonchev–Trinajstić information content (AvgIpc) is 2.88.